The zero-order chi connectivity index (χ0) is 24.9. The fourth-order valence-corrected chi connectivity index (χ4v) is 3.81. The number of anilines is 1. The molecule has 0 aliphatic carbocycles. The monoisotopic (exact) mass is 475 g/mol. The maximum absolute atomic E-state index is 14.0. The van der Waals surface area contributed by atoms with Gasteiger partial charge in [-0.3, -0.25) is 9.59 Å². The number of carbonyl (C=O) groups excluding carboxylic acids is 2. The molecule has 13 heteroatoms. The molecule has 1 aromatic heterocycles. The molecule has 1 aliphatic rings. The van der Waals surface area contributed by atoms with Crippen LogP contribution in [0.4, 0.5) is 27.6 Å². The van der Waals surface area contributed by atoms with Gasteiger partial charge in [0, 0.05) is 29.5 Å². The van der Waals surface area contributed by atoms with E-state index in [0.29, 0.717) is 13.0 Å². The number of ether oxygens (including phenoxy) is 1. The van der Waals surface area contributed by atoms with E-state index in [0.717, 1.165) is 31.3 Å². The highest BCUT2D eigenvalue weighted by Crippen LogP contribution is 2.54. The number of primary amides is 1. The Bertz CT molecular complexity index is 1130. The van der Waals surface area contributed by atoms with Gasteiger partial charge in [0.15, 0.2) is 23.4 Å². The molecule has 178 valence electrons. The number of phenols is 1. The van der Waals surface area contributed by atoms with Crippen LogP contribution in [0.3, 0.4) is 0 Å². The predicted molar refractivity (Wildman–Crippen MR) is 102 cm³/mol. The molecule has 3 rings (SSSR count). The molecule has 2 aromatic rings. The smallest absolute Gasteiger partial charge is 0.417 e. The van der Waals surface area contributed by atoms with Crippen molar-refractivity contribution in [3.8, 4) is 5.75 Å². The van der Waals surface area contributed by atoms with Crippen molar-refractivity contribution < 1.29 is 46.1 Å². The summed E-state index contributed by atoms with van der Waals surface area (Å²) >= 11 is 0. The van der Waals surface area contributed by atoms with Crippen molar-refractivity contribution in [1.82, 2.24) is 0 Å². The van der Waals surface area contributed by atoms with Gasteiger partial charge in [0.05, 0.1) is 5.69 Å². The van der Waals surface area contributed by atoms with E-state index in [1.165, 1.54) is 0 Å². The Morgan fingerprint density at radius 2 is 1.91 bits per heavy atom. The molecule has 1 fully saturated rings. The Morgan fingerprint density at radius 1 is 1.27 bits per heavy atom. The lowest BCUT2D eigenvalue weighted by atomic mass is 9.77. The molecule has 1 aliphatic heterocycles. The number of carbonyl (C=O) groups is 2. The van der Waals surface area contributed by atoms with Crippen LogP contribution < -0.4 is 15.8 Å². The fourth-order valence-electron chi connectivity index (χ4n) is 3.81. The Balaban J connectivity index is 2.05. The Kier molecular flexibility index (Phi) is 5.96. The molecule has 0 bridgehead atoms. The minimum absolute atomic E-state index is 0.120. The molecule has 8 nitrogen and oxygen atoms in total. The quantitative estimate of drug-likeness (QED) is 0.356. The van der Waals surface area contributed by atoms with E-state index in [1.807, 2.05) is 0 Å². The number of nitrogens with zero attached hydrogens (tertiary/aromatic N) is 1. The number of halogens is 5. The van der Waals surface area contributed by atoms with Crippen LogP contribution in [0.5, 0.6) is 5.75 Å². The zero-order valence-electron chi connectivity index (χ0n) is 17.1. The minimum atomic E-state index is -4.96. The number of hydrogen-bond acceptors (Lipinski definition) is 5. The Morgan fingerprint density at radius 3 is 2.48 bits per heavy atom. The van der Waals surface area contributed by atoms with Crippen LogP contribution >= 0.6 is 0 Å². The highest BCUT2D eigenvalue weighted by molar-refractivity contribution is 5.97. The molecular weight excluding hydrogens is 457 g/mol. The van der Waals surface area contributed by atoms with Gasteiger partial charge in [-0.1, -0.05) is 13.0 Å². The largest absolute Gasteiger partial charge is 0.618 e. The zero-order valence-corrected chi connectivity index (χ0v) is 17.1. The van der Waals surface area contributed by atoms with Crippen molar-refractivity contribution in [3.05, 3.63) is 58.6 Å². The van der Waals surface area contributed by atoms with Crippen molar-refractivity contribution in [2.24, 2.45) is 11.7 Å². The number of alkyl halides is 3. The maximum atomic E-state index is 14.0. The lowest BCUT2D eigenvalue weighted by Gasteiger charge is -2.31. The Hall–Kier alpha value is -3.48. The number of benzene rings is 1. The summed E-state index contributed by atoms with van der Waals surface area (Å²) in [5.41, 5.74) is 1.00. The molecule has 1 aromatic carbocycles. The molecule has 2 heterocycles. The van der Waals surface area contributed by atoms with Crippen molar-refractivity contribution in [1.29, 1.82) is 0 Å². The molecule has 0 saturated carbocycles. The van der Waals surface area contributed by atoms with E-state index in [4.69, 9.17) is 10.5 Å². The Labute approximate surface area is 183 Å². The second-order valence-electron chi connectivity index (χ2n) is 7.74. The normalized spacial score (nSPS) is 25.1. The summed E-state index contributed by atoms with van der Waals surface area (Å²) in [5, 5.41) is 23.9. The third-order valence-electron chi connectivity index (χ3n) is 5.83. The van der Waals surface area contributed by atoms with Gasteiger partial charge in [-0.15, -0.1) is 0 Å². The number of hydrogen-bond donors (Lipinski definition) is 3. The SMILES string of the molecule is C[C@@H]1[C@H](c2ccc(F)c(F)c2O)[C@H](C(=O)Nc2cc[n+]([O-])c(C(N)=O)c2)O[C@@]1(C)C(F)(F)F. The van der Waals surface area contributed by atoms with Crippen LogP contribution in [0.1, 0.15) is 35.8 Å². The minimum Gasteiger partial charge on any atom is -0.618 e. The first-order chi connectivity index (χ1) is 15.2. The maximum Gasteiger partial charge on any atom is 0.417 e. The molecule has 4 atom stereocenters. The average Bonchev–Trinajstić information content (AvgIpc) is 3.00. The number of pyridine rings is 1. The van der Waals surface area contributed by atoms with E-state index < -0.39 is 70.2 Å². The second-order valence-corrected chi connectivity index (χ2v) is 7.74. The van der Waals surface area contributed by atoms with Crippen LogP contribution in [-0.2, 0) is 9.53 Å². The molecule has 0 radical (unpaired) electrons. The van der Waals surface area contributed by atoms with Crippen molar-refractivity contribution in [2.75, 3.05) is 5.32 Å². The lowest BCUT2D eigenvalue weighted by Crippen LogP contribution is -2.47. The number of amides is 2. The van der Waals surface area contributed by atoms with Gasteiger partial charge < -0.3 is 26.1 Å². The van der Waals surface area contributed by atoms with E-state index in [2.05, 4.69) is 5.32 Å². The molecule has 0 unspecified atom stereocenters. The lowest BCUT2D eigenvalue weighted by molar-refractivity contribution is -0.607. The molecular formula is C20H18F5N3O5. The predicted octanol–water partition coefficient (Wildman–Crippen LogP) is 2.48. The number of aromatic hydroxyl groups is 1. The van der Waals surface area contributed by atoms with Gasteiger partial charge in [-0.2, -0.15) is 22.3 Å². The first-order valence-corrected chi connectivity index (χ1v) is 9.44. The number of aromatic nitrogens is 1. The average molecular weight is 475 g/mol. The van der Waals surface area contributed by atoms with Gasteiger partial charge in [-0.05, 0) is 13.0 Å². The van der Waals surface area contributed by atoms with Crippen LogP contribution in [0, 0.1) is 22.8 Å². The third-order valence-corrected chi connectivity index (χ3v) is 5.83. The van der Waals surface area contributed by atoms with Gasteiger partial charge in [0.2, 0.25) is 5.82 Å². The summed E-state index contributed by atoms with van der Waals surface area (Å²) in [7, 11) is 0. The van der Waals surface area contributed by atoms with E-state index in [1.54, 1.807) is 0 Å². The summed E-state index contributed by atoms with van der Waals surface area (Å²) < 4.78 is 74.2. The van der Waals surface area contributed by atoms with Gasteiger partial charge in [0.25, 0.3) is 11.6 Å². The highest BCUT2D eigenvalue weighted by atomic mass is 19.4. The van der Waals surface area contributed by atoms with E-state index >= 15 is 0 Å². The standard InChI is InChI=1S/C20H18F5N3O5/c1-8-13(10-3-4-11(21)14(22)15(10)29)16(33-19(8,2)20(23,24)25)18(31)27-9-5-6-28(32)12(7-9)17(26)30/h3-8,13,16,29H,1-2H3,(H2,26,30)(H,27,31)/t8-,13-,16-,19-/m1/s1. The van der Waals surface area contributed by atoms with Crippen LogP contribution in [0.25, 0.3) is 0 Å². The first kappa shape index (κ1) is 24.2. The summed E-state index contributed by atoms with van der Waals surface area (Å²) in [6, 6.07) is 3.44. The van der Waals surface area contributed by atoms with Gasteiger partial charge in [-0.25, -0.2) is 4.39 Å². The fraction of sp³-hybridized carbons (Fsp3) is 0.350. The molecule has 4 N–H and O–H groups in total. The van der Waals surface area contributed by atoms with E-state index in [9.17, 15) is 41.9 Å². The van der Waals surface area contributed by atoms with Crippen molar-refractivity contribution in [2.45, 2.75) is 37.6 Å². The van der Waals surface area contributed by atoms with Gasteiger partial charge in [0.1, 0.15) is 6.10 Å². The molecule has 2 amide bonds. The van der Waals surface area contributed by atoms with Crippen LogP contribution in [0.2, 0.25) is 0 Å². The topological polar surface area (TPSA) is 129 Å². The molecule has 1 saturated heterocycles. The number of nitrogens with one attached hydrogen (secondary N) is 1. The summed E-state index contributed by atoms with van der Waals surface area (Å²) in [6.07, 6.45) is -6.04. The summed E-state index contributed by atoms with van der Waals surface area (Å²) in [6.45, 7) is 1.79. The molecule has 0 spiro atoms. The third kappa shape index (κ3) is 4.03. The van der Waals surface area contributed by atoms with Crippen molar-refractivity contribution >= 4 is 17.5 Å². The summed E-state index contributed by atoms with van der Waals surface area (Å²) in [4.78, 5) is 24.3. The molecule has 33 heavy (non-hydrogen) atoms. The number of nitrogens with two attached hydrogens (primary N) is 1. The summed E-state index contributed by atoms with van der Waals surface area (Å²) in [5.74, 6) is -9.71. The number of phenolic OH excluding ortho intramolecular Hbond substituents is 1. The number of rotatable bonds is 4. The van der Waals surface area contributed by atoms with Crippen LogP contribution in [0.15, 0.2) is 30.5 Å². The van der Waals surface area contributed by atoms with Crippen molar-refractivity contribution in [3.63, 3.8) is 0 Å². The van der Waals surface area contributed by atoms with E-state index in [-0.39, 0.29) is 10.4 Å². The van der Waals surface area contributed by atoms with Crippen LogP contribution in [-0.4, -0.2) is 34.8 Å². The second kappa shape index (κ2) is 8.14. The van der Waals surface area contributed by atoms with Gasteiger partial charge >= 0.3 is 12.1 Å². The highest BCUT2D eigenvalue weighted by Gasteiger charge is 2.65. The first-order valence-electron chi connectivity index (χ1n) is 9.44.